The maximum absolute atomic E-state index is 12.0. The predicted molar refractivity (Wildman–Crippen MR) is 85.0 cm³/mol. The molecule has 0 saturated carbocycles. The number of rotatable bonds is 5. The van der Waals surface area contributed by atoms with Gasteiger partial charge in [-0.3, -0.25) is 5.10 Å². The summed E-state index contributed by atoms with van der Waals surface area (Å²) in [5, 5.41) is 9.57. The Hall–Kier alpha value is -2.80. The number of anilines is 1. The number of carbonyl (C=O) groups excluding carboxylic acids is 2. The van der Waals surface area contributed by atoms with Crippen molar-refractivity contribution in [2.75, 3.05) is 19.5 Å². The predicted octanol–water partition coefficient (Wildman–Crippen LogP) is 2.48. The highest BCUT2D eigenvalue weighted by Crippen LogP contribution is 2.25. The molecule has 120 valence electrons. The maximum Gasteiger partial charge on any atom is 0.343 e. The smallest absolute Gasteiger partial charge is 0.343 e. The van der Waals surface area contributed by atoms with Crippen LogP contribution in [-0.2, 0) is 14.3 Å². The fraction of sp³-hybridized carbons (Fsp3) is 0.133. The molecule has 1 aromatic carbocycles. The molecule has 0 amide bonds. The van der Waals surface area contributed by atoms with Crippen LogP contribution in [0.5, 0.6) is 0 Å². The third-order valence-corrected chi connectivity index (χ3v) is 3.30. The Morgan fingerprint density at radius 2 is 1.96 bits per heavy atom. The first-order valence-corrected chi connectivity index (χ1v) is 6.88. The number of carbonyl (C=O) groups is 2. The Kier molecular flexibility index (Phi) is 5.37. The van der Waals surface area contributed by atoms with E-state index < -0.39 is 11.9 Å². The largest absolute Gasteiger partial charge is 0.465 e. The van der Waals surface area contributed by atoms with Crippen molar-refractivity contribution in [3.05, 3.63) is 52.8 Å². The van der Waals surface area contributed by atoms with E-state index in [1.54, 1.807) is 24.3 Å². The van der Waals surface area contributed by atoms with Crippen LogP contribution < -0.4 is 5.32 Å². The van der Waals surface area contributed by atoms with E-state index in [2.05, 4.69) is 20.3 Å². The second kappa shape index (κ2) is 7.46. The molecule has 8 heteroatoms. The Bertz CT molecular complexity index is 755. The highest BCUT2D eigenvalue weighted by Gasteiger charge is 2.17. The quantitative estimate of drug-likeness (QED) is 0.644. The molecule has 2 aromatic rings. The average molecular weight is 336 g/mol. The molecule has 0 radical (unpaired) electrons. The molecular weight excluding hydrogens is 322 g/mol. The molecule has 2 N–H and O–H groups in total. The lowest BCUT2D eigenvalue weighted by Crippen LogP contribution is -2.08. The van der Waals surface area contributed by atoms with E-state index in [9.17, 15) is 9.59 Å². The monoisotopic (exact) mass is 335 g/mol. The van der Waals surface area contributed by atoms with Gasteiger partial charge in [-0.15, -0.1) is 0 Å². The summed E-state index contributed by atoms with van der Waals surface area (Å²) < 4.78 is 9.41. The SMILES string of the molecule is COC(=O)C(=CNc1[nH]ncc1C(=O)OC)c1ccccc1Cl. The molecule has 0 unspecified atom stereocenters. The molecule has 7 nitrogen and oxygen atoms in total. The summed E-state index contributed by atoms with van der Waals surface area (Å²) in [5.74, 6) is -0.859. The summed E-state index contributed by atoms with van der Waals surface area (Å²) in [5.41, 5.74) is 0.892. The summed E-state index contributed by atoms with van der Waals surface area (Å²) in [6.07, 6.45) is 2.70. The molecule has 0 aliphatic rings. The number of aromatic amines is 1. The van der Waals surface area contributed by atoms with E-state index in [-0.39, 0.29) is 17.0 Å². The topological polar surface area (TPSA) is 93.3 Å². The number of nitrogens with zero attached hydrogens (tertiary/aromatic N) is 1. The van der Waals surface area contributed by atoms with Crippen LogP contribution in [-0.4, -0.2) is 36.4 Å². The normalized spacial score (nSPS) is 11.0. The second-order valence-corrected chi connectivity index (χ2v) is 4.73. The molecule has 2 rings (SSSR count). The number of esters is 2. The van der Waals surface area contributed by atoms with Gasteiger partial charge in [-0.2, -0.15) is 5.10 Å². The number of nitrogens with one attached hydrogen (secondary N) is 2. The molecule has 0 spiro atoms. The Morgan fingerprint density at radius 1 is 1.22 bits per heavy atom. The maximum atomic E-state index is 12.0. The number of methoxy groups -OCH3 is 2. The molecule has 0 aliphatic carbocycles. The first-order chi connectivity index (χ1) is 11.1. The van der Waals surface area contributed by atoms with E-state index in [1.165, 1.54) is 26.6 Å². The first-order valence-electron chi connectivity index (χ1n) is 6.50. The van der Waals surface area contributed by atoms with Crippen molar-refractivity contribution >= 4 is 34.9 Å². The zero-order valence-corrected chi connectivity index (χ0v) is 13.2. The number of aromatic nitrogens is 2. The van der Waals surface area contributed by atoms with Crippen molar-refractivity contribution in [1.82, 2.24) is 10.2 Å². The standard InChI is InChI=1S/C15H14ClN3O4/c1-22-14(20)10(9-5-3-4-6-12(9)16)7-17-13-11(8-18-19-13)15(21)23-2/h3-8H,1-2H3,(H2,17,18,19). The van der Waals surface area contributed by atoms with Gasteiger partial charge in [0.25, 0.3) is 0 Å². The van der Waals surface area contributed by atoms with Crippen molar-refractivity contribution in [3.63, 3.8) is 0 Å². The third-order valence-electron chi connectivity index (χ3n) is 2.97. The molecule has 0 bridgehead atoms. The van der Waals surface area contributed by atoms with Crippen LogP contribution in [0.25, 0.3) is 5.57 Å². The summed E-state index contributed by atoms with van der Waals surface area (Å²) >= 11 is 6.11. The van der Waals surface area contributed by atoms with Gasteiger partial charge in [-0.1, -0.05) is 29.8 Å². The van der Waals surface area contributed by atoms with E-state index in [4.69, 9.17) is 16.3 Å². The molecule has 0 fully saturated rings. The Morgan fingerprint density at radius 3 is 2.61 bits per heavy atom. The number of ether oxygens (including phenoxy) is 2. The lowest BCUT2D eigenvalue weighted by Gasteiger charge is -2.09. The van der Waals surface area contributed by atoms with Crippen LogP contribution in [0.4, 0.5) is 5.82 Å². The van der Waals surface area contributed by atoms with Crippen molar-refractivity contribution in [2.45, 2.75) is 0 Å². The Balaban J connectivity index is 2.37. The van der Waals surface area contributed by atoms with Crippen molar-refractivity contribution in [1.29, 1.82) is 0 Å². The fourth-order valence-electron chi connectivity index (χ4n) is 1.84. The van der Waals surface area contributed by atoms with Crippen molar-refractivity contribution in [3.8, 4) is 0 Å². The van der Waals surface area contributed by atoms with Crippen LogP contribution in [0.1, 0.15) is 15.9 Å². The van der Waals surface area contributed by atoms with Crippen LogP contribution in [0.2, 0.25) is 5.02 Å². The molecule has 0 aliphatic heterocycles. The molecule has 1 aromatic heterocycles. The highest BCUT2D eigenvalue weighted by atomic mass is 35.5. The zero-order valence-electron chi connectivity index (χ0n) is 12.4. The lowest BCUT2D eigenvalue weighted by molar-refractivity contribution is -0.133. The van der Waals surface area contributed by atoms with Gasteiger partial charge in [0.15, 0.2) is 0 Å². The van der Waals surface area contributed by atoms with Gasteiger partial charge in [0, 0.05) is 16.8 Å². The average Bonchev–Trinajstić information content (AvgIpc) is 3.04. The van der Waals surface area contributed by atoms with Crippen molar-refractivity contribution in [2.24, 2.45) is 0 Å². The van der Waals surface area contributed by atoms with Gasteiger partial charge in [0.1, 0.15) is 11.4 Å². The van der Waals surface area contributed by atoms with Crippen LogP contribution in [0, 0.1) is 0 Å². The van der Waals surface area contributed by atoms with E-state index in [0.29, 0.717) is 10.6 Å². The lowest BCUT2D eigenvalue weighted by atomic mass is 10.1. The number of hydrogen-bond acceptors (Lipinski definition) is 6. The van der Waals surface area contributed by atoms with Gasteiger partial charge in [0.05, 0.1) is 26.0 Å². The summed E-state index contributed by atoms with van der Waals surface area (Å²) in [7, 11) is 2.53. The molecule has 23 heavy (non-hydrogen) atoms. The van der Waals surface area contributed by atoms with Gasteiger partial charge >= 0.3 is 11.9 Å². The first kappa shape index (κ1) is 16.6. The Labute approximate surface area is 137 Å². The minimum Gasteiger partial charge on any atom is -0.465 e. The fourth-order valence-corrected chi connectivity index (χ4v) is 2.08. The summed E-state index contributed by atoms with van der Waals surface area (Å²) in [4.78, 5) is 23.6. The van der Waals surface area contributed by atoms with Crippen LogP contribution >= 0.6 is 11.6 Å². The minimum absolute atomic E-state index is 0.198. The highest BCUT2D eigenvalue weighted by molar-refractivity contribution is 6.34. The van der Waals surface area contributed by atoms with Crippen molar-refractivity contribution < 1.29 is 19.1 Å². The van der Waals surface area contributed by atoms with Crippen LogP contribution in [0.3, 0.4) is 0 Å². The number of hydrogen-bond donors (Lipinski definition) is 2. The second-order valence-electron chi connectivity index (χ2n) is 4.32. The molecule has 0 saturated heterocycles. The number of halogens is 1. The van der Waals surface area contributed by atoms with E-state index in [0.717, 1.165) is 0 Å². The van der Waals surface area contributed by atoms with Gasteiger partial charge in [0.2, 0.25) is 0 Å². The van der Waals surface area contributed by atoms with Crippen LogP contribution in [0.15, 0.2) is 36.7 Å². The summed E-state index contributed by atoms with van der Waals surface area (Å²) in [6, 6.07) is 6.83. The number of H-pyrrole nitrogens is 1. The molecular formula is C15H14ClN3O4. The zero-order chi connectivity index (χ0) is 16.8. The van der Waals surface area contributed by atoms with Gasteiger partial charge in [-0.05, 0) is 6.07 Å². The van der Waals surface area contributed by atoms with Gasteiger partial charge < -0.3 is 14.8 Å². The van der Waals surface area contributed by atoms with Gasteiger partial charge in [-0.25, -0.2) is 9.59 Å². The minimum atomic E-state index is -0.579. The van der Waals surface area contributed by atoms with E-state index in [1.807, 2.05) is 0 Å². The third kappa shape index (κ3) is 3.70. The number of benzene rings is 1. The van der Waals surface area contributed by atoms with E-state index >= 15 is 0 Å². The summed E-state index contributed by atoms with van der Waals surface area (Å²) in [6.45, 7) is 0. The molecule has 1 heterocycles. The molecule has 0 atom stereocenters.